The van der Waals surface area contributed by atoms with Crippen molar-refractivity contribution in [2.24, 2.45) is 5.92 Å². The van der Waals surface area contributed by atoms with E-state index in [-0.39, 0.29) is 12.7 Å². The number of hydrogen-bond acceptors (Lipinski definition) is 8. The molecule has 3 rings (SSSR count). The highest BCUT2D eigenvalue weighted by atomic mass is 28.3. The summed E-state index contributed by atoms with van der Waals surface area (Å²) in [5, 5.41) is 20.8. The molecule has 1 heterocycles. The van der Waals surface area contributed by atoms with Crippen LogP contribution in [0, 0.1) is 5.92 Å². The first-order valence-electron chi connectivity index (χ1n) is 15.3. The molecule has 1 unspecified atom stereocenters. The highest BCUT2D eigenvalue weighted by molar-refractivity contribution is 6.76. The van der Waals surface area contributed by atoms with Crippen molar-refractivity contribution in [1.82, 2.24) is 0 Å². The number of carbonyl (C=O) groups excluding carboxylic acids is 1. The fraction of sp³-hybridized carbons (Fsp3) is 0.514. The number of aliphatic hydroxyl groups excluding tert-OH is 2. The minimum absolute atomic E-state index is 0.0217. The lowest BCUT2D eigenvalue weighted by Crippen LogP contribution is -2.34. The number of carbonyl (C=O) groups is 1. The standard InChI is InChI=1S/C35H50O8Si/c1-24(25(2)36)17-19-29(37)33-31(42-35(3,4)43-33)16-12-15-28-27(26-13-10-9-11-14-26)18-20-30(41-23-39-5)32(28)34(38)40-21-22-44(6,7)8/h9-15,17-20,24-25,29,31,33,36-37H,16,21-23H2,1-8H3/b15-12+,19-17-/t24-,25+,29?,31+,33-/m1/s1. The van der Waals surface area contributed by atoms with Gasteiger partial charge >= 0.3 is 5.97 Å². The van der Waals surface area contributed by atoms with E-state index in [0.717, 1.165) is 17.2 Å². The average molecular weight is 627 g/mol. The van der Waals surface area contributed by atoms with Crippen LogP contribution in [0.25, 0.3) is 17.2 Å². The number of methoxy groups -OCH3 is 1. The number of benzene rings is 2. The molecule has 0 saturated carbocycles. The summed E-state index contributed by atoms with van der Waals surface area (Å²) >= 11 is 0. The highest BCUT2D eigenvalue weighted by Gasteiger charge is 2.43. The molecule has 1 saturated heterocycles. The van der Waals surface area contributed by atoms with Gasteiger partial charge in [0.25, 0.3) is 0 Å². The van der Waals surface area contributed by atoms with Gasteiger partial charge in [-0.2, -0.15) is 0 Å². The maximum absolute atomic E-state index is 13.7. The van der Waals surface area contributed by atoms with Crippen molar-refractivity contribution in [1.29, 1.82) is 0 Å². The molecule has 0 radical (unpaired) electrons. The van der Waals surface area contributed by atoms with Crippen molar-refractivity contribution in [3.63, 3.8) is 0 Å². The Bertz CT molecular complexity index is 1270. The fourth-order valence-electron chi connectivity index (χ4n) is 4.83. The molecule has 0 amide bonds. The number of aliphatic hydroxyl groups is 2. The SMILES string of the molecule is COCOc1ccc(-c2ccccc2)c(/C=C/C[C@@H]2OC(C)(C)O[C@@H]2C(O)/C=C\[C@@H](C)[C@H](C)O)c1C(=O)OCC[Si](C)(C)C. The molecule has 0 bridgehead atoms. The number of esters is 1. The van der Waals surface area contributed by atoms with Crippen LogP contribution in [0.5, 0.6) is 5.75 Å². The van der Waals surface area contributed by atoms with E-state index in [2.05, 4.69) is 19.6 Å². The van der Waals surface area contributed by atoms with Crippen molar-refractivity contribution in [2.45, 2.75) is 90.0 Å². The molecule has 5 atom stereocenters. The zero-order chi connectivity index (χ0) is 32.5. The summed E-state index contributed by atoms with van der Waals surface area (Å²) in [4.78, 5) is 13.7. The van der Waals surface area contributed by atoms with Crippen molar-refractivity contribution in [2.75, 3.05) is 20.5 Å². The van der Waals surface area contributed by atoms with E-state index in [4.69, 9.17) is 23.7 Å². The van der Waals surface area contributed by atoms with Gasteiger partial charge in [-0.05, 0) is 56.3 Å². The van der Waals surface area contributed by atoms with Crippen LogP contribution in [0.4, 0.5) is 0 Å². The highest BCUT2D eigenvalue weighted by Crippen LogP contribution is 2.36. The first-order chi connectivity index (χ1) is 20.7. The molecule has 0 aliphatic carbocycles. The van der Waals surface area contributed by atoms with Crippen LogP contribution in [0.15, 0.2) is 60.7 Å². The molecule has 2 aromatic rings. The molecule has 1 aliphatic rings. The van der Waals surface area contributed by atoms with Crippen LogP contribution >= 0.6 is 0 Å². The molecule has 0 spiro atoms. The van der Waals surface area contributed by atoms with Crippen molar-refractivity contribution >= 4 is 20.1 Å². The zero-order valence-electron chi connectivity index (χ0n) is 27.4. The Hall–Kier alpha value is -2.79. The van der Waals surface area contributed by atoms with Gasteiger partial charge in [-0.3, -0.25) is 0 Å². The van der Waals surface area contributed by atoms with E-state index >= 15 is 0 Å². The molecule has 8 nitrogen and oxygen atoms in total. The van der Waals surface area contributed by atoms with Crippen LogP contribution in [0.3, 0.4) is 0 Å². The van der Waals surface area contributed by atoms with Gasteiger partial charge in [0.05, 0.1) is 18.8 Å². The van der Waals surface area contributed by atoms with E-state index in [1.54, 1.807) is 25.1 Å². The van der Waals surface area contributed by atoms with Crippen LogP contribution < -0.4 is 4.74 Å². The molecule has 9 heteroatoms. The molecular formula is C35H50O8Si. The predicted molar refractivity (Wildman–Crippen MR) is 176 cm³/mol. The topological polar surface area (TPSA) is 104 Å². The van der Waals surface area contributed by atoms with Gasteiger partial charge in [-0.25, -0.2) is 4.79 Å². The molecule has 2 N–H and O–H groups in total. The maximum Gasteiger partial charge on any atom is 0.342 e. The average Bonchev–Trinajstić information content (AvgIpc) is 3.28. The number of rotatable bonds is 15. The van der Waals surface area contributed by atoms with E-state index < -0.39 is 44.2 Å². The number of ether oxygens (including phenoxy) is 5. The lowest BCUT2D eigenvalue weighted by Gasteiger charge is -2.20. The third kappa shape index (κ3) is 10.4. The minimum Gasteiger partial charge on any atom is -0.467 e. The Morgan fingerprint density at radius 2 is 1.75 bits per heavy atom. The first-order valence-corrected chi connectivity index (χ1v) is 19.0. The lowest BCUT2D eigenvalue weighted by atomic mass is 9.93. The van der Waals surface area contributed by atoms with Crippen LogP contribution in [-0.2, 0) is 18.9 Å². The summed E-state index contributed by atoms with van der Waals surface area (Å²) in [5.41, 5.74) is 2.77. The van der Waals surface area contributed by atoms with Gasteiger partial charge < -0.3 is 33.9 Å². The van der Waals surface area contributed by atoms with Crippen molar-refractivity contribution in [3.8, 4) is 16.9 Å². The van der Waals surface area contributed by atoms with E-state index in [1.807, 2.05) is 69.3 Å². The zero-order valence-corrected chi connectivity index (χ0v) is 28.4. The van der Waals surface area contributed by atoms with Crippen molar-refractivity contribution in [3.05, 3.63) is 71.8 Å². The predicted octanol–water partition coefficient (Wildman–Crippen LogP) is 6.69. The Labute approximate surface area is 263 Å². The number of hydrogen-bond donors (Lipinski definition) is 2. The van der Waals surface area contributed by atoms with Gasteiger partial charge in [-0.1, -0.05) is 87.3 Å². The Balaban J connectivity index is 1.99. The van der Waals surface area contributed by atoms with Gasteiger partial charge in [0.1, 0.15) is 23.5 Å². The van der Waals surface area contributed by atoms with Crippen LogP contribution in [-0.4, -0.2) is 75.0 Å². The monoisotopic (exact) mass is 626 g/mol. The first kappa shape index (κ1) is 35.7. The quantitative estimate of drug-likeness (QED) is 0.0976. The molecule has 242 valence electrons. The molecule has 0 aromatic heterocycles. The second-order valence-corrected chi connectivity index (χ2v) is 18.6. The van der Waals surface area contributed by atoms with Gasteiger partial charge in [0.15, 0.2) is 12.6 Å². The largest absolute Gasteiger partial charge is 0.467 e. The van der Waals surface area contributed by atoms with Crippen LogP contribution in [0.2, 0.25) is 25.7 Å². The second kappa shape index (κ2) is 16.0. The third-order valence-corrected chi connectivity index (χ3v) is 9.20. The molecule has 44 heavy (non-hydrogen) atoms. The van der Waals surface area contributed by atoms with Gasteiger partial charge in [-0.15, -0.1) is 0 Å². The summed E-state index contributed by atoms with van der Waals surface area (Å²) in [6, 6.07) is 14.4. The fourth-order valence-corrected chi connectivity index (χ4v) is 5.55. The molecule has 1 aliphatic heterocycles. The second-order valence-electron chi connectivity index (χ2n) is 13.0. The summed E-state index contributed by atoms with van der Waals surface area (Å²) in [6.45, 7) is 14.3. The normalized spacial score (nSPS) is 20.6. The Morgan fingerprint density at radius 3 is 2.39 bits per heavy atom. The smallest absolute Gasteiger partial charge is 0.342 e. The minimum atomic E-state index is -1.42. The third-order valence-electron chi connectivity index (χ3n) is 7.50. The maximum atomic E-state index is 13.7. The molecular weight excluding hydrogens is 576 g/mol. The lowest BCUT2D eigenvalue weighted by molar-refractivity contribution is -0.152. The van der Waals surface area contributed by atoms with E-state index in [9.17, 15) is 15.0 Å². The molecule has 2 aromatic carbocycles. The van der Waals surface area contributed by atoms with Crippen molar-refractivity contribution < 1.29 is 38.7 Å². The summed E-state index contributed by atoms with van der Waals surface area (Å²) < 4.78 is 29.1. The Kier molecular flexibility index (Phi) is 13.0. The summed E-state index contributed by atoms with van der Waals surface area (Å²) in [5.74, 6) is -1.09. The molecule has 1 fully saturated rings. The van der Waals surface area contributed by atoms with E-state index in [1.165, 1.54) is 7.11 Å². The summed E-state index contributed by atoms with van der Waals surface area (Å²) in [6.07, 6.45) is 5.13. The summed E-state index contributed by atoms with van der Waals surface area (Å²) in [7, 11) is 0.104. The van der Waals surface area contributed by atoms with Gasteiger partial charge in [0.2, 0.25) is 0 Å². The van der Waals surface area contributed by atoms with Crippen LogP contribution in [0.1, 0.15) is 50.0 Å². The van der Waals surface area contributed by atoms with E-state index in [0.29, 0.717) is 29.9 Å². The Morgan fingerprint density at radius 1 is 1.05 bits per heavy atom. The van der Waals surface area contributed by atoms with Gasteiger partial charge in [0, 0.05) is 20.7 Å².